The van der Waals surface area contributed by atoms with Gasteiger partial charge in [0.1, 0.15) is 18.1 Å². The number of hydrogen-bond acceptors (Lipinski definition) is 6. The molecule has 7 heteroatoms. The first-order chi connectivity index (χ1) is 14.7. The average molecular weight is 404 g/mol. The van der Waals surface area contributed by atoms with E-state index in [1.54, 1.807) is 11.6 Å². The van der Waals surface area contributed by atoms with Gasteiger partial charge in [0.15, 0.2) is 0 Å². The fourth-order valence-corrected chi connectivity index (χ4v) is 3.55. The number of nitrogens with one attached hydrogen (secondary N) is 1. The highest BCUT2D eigenvalue weighted by atomic mass is 16.5. The lowest BCUT2D eigenvalue weighted by molar-refractivity contribution is -0.139. The third kappa shape index (κ3) is 4.05. The average Bonchev–Trinajstić information content (AvgIpc) is 3.22. The fourth-order valence-electron chi connectivity index (χ4n) is 3.55. The van der Waals surface area contributed by atoms with Crippen molar-refractivity contribution < 1.29 is 14.3 Å². The van der Waals surface area contributed by atoms with Crippen LogP contribution in [0.2, 0.25) is 0 Å². The fraction of sp³-hybridized carbons (Fsp3) is 0.261. The molecular formula is C23H24N4O3. The van der Waals surface area contributed by atoms with Gasteiger partial charge in [0, 0.05) is 12.1 Å². The van der Waals surface area contributed by atoms with Gasteiger partial charge in [-0.25, -0.2) is 9.48 Å². The maximum Gasteiger partial charge on any atom is 0.338 e. The van der Waals surface area contributed by atoms with Crippen molar-refractivity contribution in [2.75, 3.05) is 18.5 Å². The highest BCUT2D eigenvalue weighted by Crippen LogP contribution is 2.35. The molecule has 0 amide bonds. The highest BCUT2D eigenvalue weighted by molar-refractivity contribution is 5.92. The maximum atomic E-state index is 12.7. The number of carbonyl (C=O) groups is 1. The zero-order valence-corrected chi connectivity index (χ0v) is 17.0. The molecule has 0 spiro atoms. The van der Waals surface area contributed by atoms with E-state index in [1.165, 1.54) is 11.9 Å². The molecule has 0 bridgehead atoms. The molecule has 1 unspecified atom stereocenters. The first kappa shape index (κ1) is 19.7. The van der Waals surface area contributed by atoms with E-state index in [0.717, 1.165) is 17.7 Å². The van der Waals surface area contributed by atoms with Crippen molar-refractivity contribution in [3.63, 3.8) is 0 Å². The molecule has 2 aromatic carbocycles. The third-order valence-electron chi connectivity index (χ3n) is 4.99. The summed E-state index contributed by atoms with van der Waals surface area (Å²) in [7, 11) is 0. The number of anilines is 1. The van der Waals surface area contributed by atoms with E-state index in [0.29, 0.717) is 30.4 Å². The van der Waals surface area contributed by atoms with Crippen molar-refractivity contribution in [2.24, 2.45) is 0 Å². The largest absolute Gasteiger partial charge is 0.493 e. The zero-order valence-electron chi connectivity index (χ0n) is 17.0. The SMILES string of the molecule is CCOC(=O)C1=C(C)Nc2ncnn2C1c1ccc(OCCc2ccccc2)cc1. The van der Waals surface area contributed by atoms with Gasteiger partial charge in [-0.2, -0.15) is 10.1 Å². The number of benzene rings is 2. The van der Waals surface area contributed by atoms with Crippen molar-refractivity contribution in [3.05, 3.63) is 83.3 Å². The summed E-state index contributed by atoms with van der Waals surface area (Å²) in [6.07, 6.45) is 2.31. The Hall–Kier alpha value is -3.61. The minimum Gasteiger partial charge on any atom is -0.493 e. The number of hydrogen-bond donors (Lipinski definition) is 1. The molecule has 1 aliphatic heterocycles. The number of nitrogens with zero attached hydrogens (tertiary/aromatic N) is 3. The van der Waals surface area contributed by atoms with Gasteiger partial charge in [-0.3, -0.25) is 0 Å². The molecule has 2 heterocycles. The Labute approximate surface area is 175 Å². The molecule has 0 aliphatic carbocycles. The highest BCUT2D eigenvalue weighted by Gasteiger charge is 2.34. The Bertz CT molecular complexity index is 1040. The van der Waals surface area contributed by atoms with Crippen LogP contribution in [-0.2, 0) is 16.0 Å². The predicted molar refractivity (Wildman–Crippen MR) is 113 cm³/mol. The Morgan fingerprint density at radius 3 is 2.63 bits per heavy atom. The Kier molecular flexibility index (Phi) is 5.79. The predicted octanol–water partition coefficient (Wildman–Crippen LogP) is 3.75. The van der Waals surface area contributed by atoms with Crippen LogP contribution in [0.1, 0.15) is 31.0 Å². The van der Waals surface area contributed by atoms with E-state index in [4.69, 9.17) is 9.47 Å². The number of carbonyl (C=O) groups excluding carboxylic acids is 1. The minimum atomic E-state index is -0.416. The second-order valence-corrected chi connectivity index (χ2v) is 6.97. The molecule has 1 atom stereocenters. The number of allylic oxidation sites excluding steroid dienone is 1. The summed E-state index contributed by atoms with van der Waals surface area (Å²) in [5.41, 5.74) is 3.37. The second kappa shape index (κ2) is 8.82. The Balaban J connectivity index is 1.53. The maximum absolute atomic E-state index is 12.7. The van der Waals surface area contributed by atoms with Gasteiger partial charge in [0.25, 0.3) is 0 Å². The number of rotatable bonds is 7. The van der Waals surface area contributed by atoms with Crippen LogP contribution < -0.4 is 10.1 Å². The molecule has 1 N–H and O–H groups in total. The zero-order chi connectivity index (χ0) is 20.9. The van der Waals surface area contributed by atoms with E-state index in [9.17, 15) is 4.79 Å². The van der Waals surface area contributed by atoms with E-state index < -0.39 is 6.04 Å². The van der Waals surface area contributed by atoms with E-state index in [2.05, 4.69) is 27.5 Å². The normalized spacial score (nSPS) is 15.3. The van der Waals surface area contributed by atoms with Crippen LogP contribution in [0.3, 0.4) is 0 Å². The van der Waals surface area contributed by atoms with Gasteiger partial charge in [0.05, 0.1) is 18.8 Å². The number of aromatic nitrogens is 3. The molecule has 0 fully saturated rings. The molecule has 7 nitrogen and oxygen atoms in total. The van der Waals surface area contributed by atoms with Crippen molar-refractivity contribution in [1.82, 2.24) is 14.8 Å². The molecular weight excluding hydrogens is 380 g/mol. The molecule has 1 aromatic heterocycles. The summed E-state index contributed by atoms with van der Waals surface area (Å²) < 4.78 is 12.9. The molecule has 4 rings (SSSR count). The van der Waals surface area contributed by atoms with Gasteiger partial charge in [0.2, 0.25) is 5.95 Å². The molecule has 1 aliphatic rings. The van der Waals surface area contributed by atoms with E-state index in [1.807, 2.05) is 49.4 Å². The lowest BCUT2D eigenvalue weighted by Gasteiger charge is -2.28. The van der Waals surface area contributed by atoms with Crippen LogP contribution in [0, 0.1) is 0 Å². The number of esters is 1. The van der Waals surface area contributed by atoms with Gasteiger partial charge in [-0.15, -0.1) is 0 Å². The van der Waals surface area contributed by atoms with Gasteiger partial charge in [-0.1, -0.05) is 42.5 Å². The van der Waals surface area contributed by atoms with Gasteiger partial charge in [-0.05, 0) is 37.1 Å². The first-order valence-corrected chi connectivity index (χ1v) is 9.98. The summed E-state index contributed by atoms with van der Waals surface area (Å²) >= 11 is 0. The van der Waals surface area contributed by atoms with Gasteiger partial charge < -0.3 is 14.8 Å². The lowest BCUT2D eigenvalue weighted by Crippen LogP contribution is -2.29. The van der Waals surface area contributed by atoms with E-state index >= 15 is 0 Å². The number of ether oxygens (including phenoxy) is 2. The van der Waals surface area contributed by atoms with Crippen molar-refractivity contribution in [1.29, 1.82) is 0 Å². The monoisotopic (exact) mass is 404 g/mol. The summed E-state index contributed by atoms with van der Waals surface area (Å²) in [6.45, 7) is 4.54. The Morgan fingerprint density at radius 1 is 1.13 bits per heavy atom. The quantitative estimate of drug-likeness (QED) is 0.604. The summed E-state index contributed by atoms with van der Waals surface area (Å²) in [4.78, 5) is 16.9. The van der Waals surface area contributed by atoms with Gasteiger partial charge >= 0.3 is 5.97 Å². The van der Waals surface area contributed by atoms with Crippen LogP contribution >= 0.6 is 0 Å². The topological polar surface area (TPSA) is 78.3 Å². The molecule has 154 valence electrons. The molecule has 0 saturated carbocycles. The van der Waals surface area contributed by atoms with E-state index in [-0.39, 0.29) is 5.97 Å². The summed E-state index contributed by atoms with van der Waals surface area (Å²) in [5.74, 6) is 1.01. The minimum absolute atomic E-state index is 0.306. The number of fused-ring (bicyclic) bond motifs is 1. The van der Waals surface area contributed by atoms with Crippen molar-refractivity contribution in [3.8, 4) is 5.75 Å². The van der Waals surface area contributed by atoms with Crippen molar-refractivity contribution >= 4 is 11.9 Å². The molecule has 3 aromatic rings. The molecule has 30 heavy (non-hydrogen) atoms. The summed E-state index contributed by atoms with van der Waals surface area (Å²) in [5, 5.41) is 7.44. The first-order valence-electron chi connectivity index (χ1n) is 9.98. The summed E-state index contributed by atoms with van der Waals surface area (Å²) in [6, 6.07) is 17.5. The lowest BCUT2D eigenvalue weighted by atomic mass is 9.96. The molecule has 0 saturated heterocycles. The van der Waals surface area contributed by atoms with Crippen LogP contribution in [0.5, 0.6) is 5.75 Å². The molecule has 0 radical (unpaired) electrons. The van der Waals surface area contributed by atoms with Crippen LogP contribution in [0.15, 0.2) is 72.2 Å². The van der Waals surface area contributed by atoms with Crippen LogP contribution in [0.4, 0.5) is 5.95 Å². The second-order valence-electron chi connectivity index (χ2n) is 6.97. The smallest absolute Gasteiger partial charge is 0.338 e. The van der Waals surface area contributed by atoms with Crippen molar-refractivity contribution in [2.45, 2.75) is 26.3 Å². The third-order valence-corrected chi connectivity index (χ3v) is 4.99. The van der Waals surface area contributed by atoms with Crippen LogP contribution in [0.25, 0.3) is 0 Å². The Morgan fingerprint density at radius 2 is 1.90 bits per heavy atom. The standard InChI is InChI=1S/C23H24N4O3/c1-3-29-22(28)20-16(2)26-23-24-15-25-27(23)21(20)18-9-11-19(12-10-18)30-14-13-17-7-5-4-6-8-17/h4-12,15,21H,3,13-14H2,1-2H3,(H,24,25,26). The van der Waals surface area contributed by atoms with Crippen LogP contribution in [-0.4, -0.2) is 33.9 Å².